The minimum absolute atomic E-state index is 0.783. The lowest BCUT2D eigenvalue weighted by Crippen LogP contribution is -2.27. The molecule has 0 atom stereocenters. The van der Waals surface area contributed by atoms with E-state index in [9.17, 15) is 0 Å². The lowest BCUT2D eigenvalue weighted by molar-refractivity contribution is 0.236. The summed E-state index contributed by atoms with van der Waals surface area (Å²) in [7, 11) is 0. The molecular weight excluding hydrogens is 288 g/mol. The zero-order chi connectivity index (χ0) is 15.9. The third-order valence-electron chi connectivity index (χ3n) is 3.52. The highest BCUT2D eigenvalue weighted by Gasteiger charge is 2.09. The van der Waals surface area contributed by atoms with Gasteiger partial charge < -0.3 is 0 Å². The maximum absolute atomic E-state index is 4.42. The summed E-state index contributed by atoms with van der Waals surface area (Å²) in [5.41, 5.74) is 3.04. The second-order valence-electron chi connectivity index (χ2n) is 5.48. The van der Waals surface area contributed by atoms with Crippen molar-refractivity contribution in [2.75, 3.05) is 6.54 Å². The maximum atomic E-state index is 4.42. The first-order valence-electron chi connectivity index (χ1n) is 7.68. The number of aromatic nitrogens is 5. The van der Waals surface area contributed by atoms with Crippen LogP contribution >= 0.6 is 0 Å². The van der Waals surface area contributed by atoms with Crippen LogP contribution < -0.4 is 0 Å². The van der Waals surface area contributed by atoms with Crippen molar-refractivity contribution in [3.63, 3.8) is 0 Å². The molecule has 0 aliphatic heterocycles. The van der Waals surface area contributed by atoms with Crippen molar-refractivity contribution in [1.82, 2.24) is 29.9 Å². The van der Waals surface area contributed by atoms with Gasteiger partial charge in [-0.25, -0.2) is 0 Å². The Labute approximate surface area is 135 Å². The molecule has 118 valence electrons. The number of aryl methyl sites for hydroxylation is 1. The molecule has 23 heavy (non-hydrogen) atoms. The first-order valence-corrected chi connectivity index (χ1v) is 7.68. The molecule has 3 heterocycles. The largest absolute Gasteiger partial charge is 0.290 e. The van der Waals surface area contributed by atoms with Crippen molar-refractivity contribution in [2.24, 2.45) is 0 Å². The van der Waals surface area contributed by atoms with E-state index in [0.29, 0.717) is 0 Å². The molecule has 0 unspecified atom stereocenters. The van der Waals surface area contributed by atoms with Gasteiger partial charge in [-0.2, -0.15) is 0 Å². The van der Waals surface area contributed by atoms with Gasteiger partial charge >= 0.3 is 0 Å². The van der Waals surface area contributed by atoms with Crippen LogP contribution in [0.15, 0.2) is 55.0 Å². The molecule has 6 nitrogen and oxygen atoms in total. The Hall–Kier alpha value is -2.60. The summed E-state index contributed by atoms with van der Waals surface area (Å²) < 4.78 is 1.87. The topological polar surface area (TPSA) is 59.7 Å². The van der Waals surface area contributed by atoms with E-state index in [1.165, 1.54) is 0 Å². The predicted molar refractivity (Wildman–Crippen MR) is 87.3 cm³/mol. The van der Waals surface area contributed by atoms with Gasteiger partial charge in [-0.15, -0.1) is 5.10 Å². The van der Waals surface area contributed by atoms with Crippen molar-refractivity contribution in [3.8, 4) is 0 Å². The van der Waals surface area contributed by atoms with E-state index >= 15 is 0 Å². The molecule has 3 aromatic heterocycles. The molecule has 0 saturated heterocycles. The highest BCUT2D eigenvalue weighted by molar-refractivity contribution is 5.06. The Balaban J connectivity index is 1.67. The van der Waals surface area contributed by atoms with E-state index in [1.807, 2.05) is 66.6 Å². The highest BCUT2D eigenvalue weighted by atomic mass is 15.4. The summed E-state index contributed by atoms with van der Waals surface area (Å²) in [4.78, 5) is 11.2. The Morgan fingerprint density at radius 2 is 1.61 bits per heavy atom. The Kier molecular flexibility index (Phi) is 5.06. The average Bonchev–Trinajstić information content (AvgIpc) is 3.00. The SMILES string of the molecule is Cc1cn(CCN(Cc2ccccn2)Cc2ccccn2)nn1. The number of rotatable bonds is 7. The molecule has 0 fully saturated rings. The molecule has 0 aliphatic rings. The molecule has 0 amide bonds. The van der Waals surface area contributed by atoms with Crippen molar-refractivity contribution in [3.05, 3.63) is 72.1 Å². The van der Waals surface area contributed by atoms with Gasteiger partial charge in [0, 0.05) is 38.2 Å². The van der Waals surface area contributed by atoms with E-state index in [1.54, 1.807) is 0 Å². The van der Waals surface area contributed by atoms with Gasteiger partial charge in [-0.3, -0.25) is 19.5 Å². The molecule has 0 N–H and O–H groups in total. The molecule has 0 spiro atoms. The first-order chi connectivity index (χ1) is 11.3. The summed E-state index contributed by atoms with van der Waals surface area (Å²) in [5.74, 6) is 0. The first kappa shape index (κ1) is 15.3. The minimum atomic E-state index is 0.783. The fourth-order valence-electron chi connectivity index (χ4n) is 2.40. The van der Waals surface area contributed by atoms with Gasteiger partial charge in [0.25, 0.3) is 0 Å². The Morgan fingerprint density at radius 3 is 2.09 bits per heavy atom. The Bertz CT molecular complexity index is 669. The number of pyridine rings is 2. The van der Waals surface area contributed by atoms with E-state index in [0.717, 1.165) is 43.3 Å². The monoisotopic (exact) mass is 308 g/mol. The van der Waals surface area contributed by atoms with Crippen LogP contribution in [0.5, 0.6) is 0 Å². The zero-order valence-electron chi connectivity index (χ0n) is 13.2. The predicted octanol–water partition coefficient (Wildman–Crippen LogP) is 2.08. The molecule has 3 aromatic rings. The van der Waals surface area contributed by atoms with E-state index in [2.05, 4.69) is 25.2 Å². The molecule has 3 rings (SSSR count). The molecule has 0 saturated carbocycles. The molecule has 6 heteroatoms. The third kappa shape index (κ3) is 4.69. The van der Waals surface area contributed by atoms with Crippen LogP contribution in [0.2, 0.25) is 0 Å². The van der Waals surface area contributed by atoms with Gasteiger partial charge in [-0.1, -0.05) is 17.3 Å². The van der Waals surface area contributed by atoms with Gasteiger partial charge in [0.1, 0.15) is 0 Å². The van der Waals surface area contributed by atoms with E-state index in [4.69, 9.17) is 0 Å². The van der Waals surface area contributed by atoms with Gasteiger partial charge in [0.05, 0.1) is 23.6 Å². The summed E-state index contributed by atoms with van der Waals surface area (Å²) in [6.07, 6.45) is 5.61. The van der Waals surface area contributed by atoms with Crippen molar-refractivity contribution in [2.45, 2.75) is 26.6 Å². The van der Waals surface area contributed by atoms with Crippen LogP contribution in [0.1, 0.15) is 17.1 Å². The van der Waals surface area contributed by atoms with Gasteiger partial charge in [-0.05, 0) is 31.2 Å². The summed E-state index contributed by atoms with van der Waals surface area (Å²) in [6, 6.07) is 12.0. The molecule has 0 aliphatic carbocycles. The summed E-state index contributed by atoms with van der Waals surface area (Å²) in [5, 5.41) is 8.14. The second-order valence-corrected chi connectivity index (χ2v) is 5.48. The average molecular weight is 308 g/mol. The molecular formula is C17H20N6. The summed E-state index contributed by atoms with van der Waals surface area (Å²) >= 11 is 0. The van der Waals surface area contributed by atoms with Crippen LogP contribution in [0.25, 0.3) is 0 Å². The van der Waals surface area contributed by atoms with Gasteiger partial charge in [0.2, 0.25) is 0 Å². The molecule has 0 radical (unpaired) electrons. The van der Waals surface area contributed by atoms with Crippen LogP contribution in [-0.4, -0.2) is 36.4 Å². The third-order valence-corrected chi connectivity index (χ3v) is 3.52. The van der Waals surface area contributed by atoms with E-state index in [-0.39, 0.29) is 0 Å². The fourth-order valence-corrected chi connectivity index (χ4v) is 2.40. The summed E-state index contributed by atoms with van der Waals surface area (Å²) in [6.45, 7) is 5.16. The minimum Gasteiger partial charge on any atom is -0.290 e. The lowest BCUT2D eigenvalue weighted by atomic mass is 10.3. The molecule has 0 aromatic carbocycles. The fraction of sp³-hybridized carbons (Fsp3) is 0.294. The van der Waals surface area contributed by atoms with Crippen LogP contribution in [0.4, 0.5) is 0 Å². The highest BCUT2D eigenvalue weighted by Crippen LogP contribution is 2.07. The number of hydrogen-bond acceptors (Lipinski definition) is 5. The maximum Gasteiger partial charge on any atom is 0.0796 e. The zero-order valence-corrected chi connectivity index (χ0v) is 13.2. The van der Waals surface area contributed by atoms with Crippen LogP contribution in [0, 0.1) is 6.92 Å². The Morgan fingerprint density at radius 1 is 0.957 bits per heavy atom. The smallest absolute Gasteiger partial charge is 0.0796 e. The number of hydrogen-bond donors (Lipinski definition) is 0. The number of nitrogens with zero attached hydrogens (tertiary/aromatic N) is 6. The second kappa shape index (κ2) is 7.60. The van der Waals surface area contributed by atoms with Crippen LogP contribution in [0.3, 0.4) is 0 Å². The standard InChI is InChI=1S/C17H20N6/c1-15-12-23(21-20-15)11-10-22(13-16-6-2-4-8-18-16)14-17-7-3-5-9-19-17/h2-9,12H,10-11,13-14H2,1H3. The van der Waals surface area contributed by atoms with Crippen molar-refractivity contribution < 1.29 is 0 Å². The van der Waals surface area contributed by atoms with E-state index < -0.39 is 0 Å². The van der Waals surface area contributed by atoms with Crippen molar-refractivity contribution >= 4 is 0 Å². The normalized spacial score (nSPS) is 11.0. The van der Waals surface area contributed by atoms with Crippen molar-refractivity contribution in [1.29, 1.82) is 0 Å². The molecule has 0 bridgehead atoms. The van der Waals surface area contributed by atoms with Gasteiger partial charge in [0.15, 0.2) is 0 Å². The quantitative estimate of drug-likeness (QED) is 0.669. The lowest BCUT2D eigenvalue weighted by Gasteiger charge is -2.21. The van der Waals surface area contributed by atoms with Crippen LogP contribution in [-0.2, 0) is 19.6 Å².